The fourth-order valence-electron chi connectivity index (χ4n) is 2.66. The molecule has 0 aliphatic carbocycles. The van der Waals surface area contributed by atoms with Crippen molar-refractivity contribution in [3.63, 3.8) is 0 Å². The number of hydrogen-bond donors (Lipinski definition) is 0. The van der Waals surface area contributed by atoms with Gasteiger partial charge in [-0.1, -0.05) is 85.0 Å². The number of benzene rings is 2. The van der Waals surface area contributed by atoms with Crippen LogP contribution in [0.4, 0.5) is 0 Å². The van der Waals surface area contributed by atoms with Gasteiger partial charge in [0.25, 0.3) is 0 Å². The number of ether oxygens (including phenoxy) is 2. The second-order valence-corrected chi connectivity index (χ2v) is 6.49. The molecule has 0 aliphatic rings. The highest BCUT2D eigenvalue weighted by Gasteiger charge is 2.02. The van der Waals surface area contributed by atoms with Crippen molar-refractivity contribution in [1.29, 1.82) is 0 Å². The highest BCUT2D eigenvalue weighted by atomic mass is 16.5. The lowest BCUT2D eigenvalue weighted by Crippen LogP contribution is -1.99. The summed E-state index contributed by atoms with van der Waals surface area (Å²) in [6, 6.07) is 20.5. The van der Waals surface area contributed by atoms with Gasteiger partial charge in [0.05, 0.1) is 13.2 Å². The molecule has 0 aliphatic heterocycles. The maximum atomic E-state index is 5.71. The van der Waals surface area contributed by atoms with Gasteiger partial charge in [0.1, 0.15) is 0 Å². The van der Waals surface area contributed by atoms with E-state index in [1.165, 1.54) is 11.1 Å². The average Bonchev–Trinajstić information content (AvgIpc) is 2.68. The molecule has 0 saturated carbocycles. The lowest BCUT2D eigenvalue weighted by Gasteiger charge is -2.10. The Morgan fingerprint density at radius 3 is 1.38 bits per heavy atom. The summed E-state index contributed by atoms with van der Waals surface area (Å²) >= 11 is 0. The number of rotatable bonds is 13. The first kappa shape index (κ1) is 20.2. The van der Waals surface area contributed by atoms with Gasteiger partial charge in [0, 0.05) is 13.2 Å². The van der Waals surface area contributed by atoms with Crippen LogP contribution in [0.15, 0.2) is 85.0 Å². The maximum absolute atomic E-state index is 5.71. The Balaban J connectivity index is 1.47. The van der Waals surface area contributed by atoms with Crippen LogP contribution in [0.5, 0.6) is 0 Å². The molecule has 0 amide bonds. The molecule has 0 N–H and O–H groups in total. The SMILES string of the molecule is C=C(CCCOCc1ccccc1)C(=C)CCCOCc1ccccc1. The topological polar surface area (TPSA) is 18.5 Å². The Labute approximate surface area is 158 Å². The van der Waals surface area contributed by atoms with Crippen LogP contribution in [0.25, 0.3) is 0 Å². The van der Waals surface area contributed by atoms with Crippen molar-refractivity contribution >= 4 is 0 Å². The van der Waals surface area contributed by atoms with E-state index in [0.29, 0.717) is 13.2 Å². The summed E-state index contributed by atoms with van der Waals surface area (Å²) in [5.74, 6) is 0. The van der Waals surface area contributed by atoms with E-state index >= 15 is 0 Å². The Morgan fingerprint density at radius 2 is 1.00 bits per heavy atom. The summed E-state index contributed by atoms with van der Waals surface area (Å²) in [4.78, 5) is 0. The molecule has 0 aromatic heterocycles. The van der Waals surface area contributed by atoms with Gasteiger partial charge in [0.15, 0.2) is 0 Å². The summed E-state index contributed by atoms with van der Waals surface area (Å²) in [7, 11) is 0. The highest BCUT2D eigenvalue weighted by molar-refractivity contribution is 5.24. The molecule has 0 radical (unpaired) electrons. The standard InChI is InChI=1S/C24H30O2/c1-21(11-9-17-25-19-23-13-5-3-6-14-23)22(2)12-10-18-26-20-24-15-7-4-8-16-24/h3-8,13-16H,1-2,9-12,17-20H2. The zero-order chi connectivity index (χ0) is 18.5. The van der Waals surface area contributed by atoms with Crippen molar-refractivity contribution in [2.75, 3.05) is 13.2 Å². The molecule has 138 valence electrons. The second kappa shape index (κ2) is 12.2. The molecule has 0 fully saturated rings. The predicted octanol–water partition coefficient (Wildman–Crippen LogP) is 6.09. The molecule has 26 heavy (non-hydrogen) atoms. The van der Waals surface area contributed by atoms with Crippen molar-refractivity contribution in [2.24, 2.45) is 0 Å². The van der Waals surface area contributed by atoms with Crippen molar-refractivity contribution in [3.05, 3.63) is 96.1 Å². The van der Waals surface area contributed by atoms with E-state index in [1.54, 1.807) is 0 Å². The first-order chi connectivity index (χ1) is 12.8. The monoisotopic (exact) mass is 350 g/mol. The second-order valence-electron chi connectivity index (χ2n) is 6.49. The van der Waals surface area contributed by atoms with Crippen molar-refractivity contribution in [1.82, 2.24) is 0 Å². The number of hydrogen-bond acceptors (Lipinski definition) is 2. The van der Waals surface area contributed by atoms with Gasteiger partial charge < -0.3 is 9.47 Å². The smallest absolute Gasteiger partial charge is 0.0716 e. The quantitative estimate of drug-likeness (QED) is 0.321. The van der Waals surface area contributed by atoms with E-state index in [1.807, 2.05) is 36.4 Å². The van der Waals surface area contributed by atoms with E-state index in [4.69, 9.17) is 9.47 Å². The molecule has 2 rings (SSSR count). The minimum absolute atomic E-state index is 0.674. The van der Waals surface area contributed by atoms with Crippen molar-refractivity contribution in [2.45, 2.75) is 38.9 Å². The molecule has 0 saturated heterocycles. The van der Waals surface area contributed by atoms with Gasteiger partial charge in [-0.2, -0.15) is 0 Å². The molecule has 2 heteroatoms. The van der Waals surface area contributed by atoms with Crippen LogP contribution >= 0.6 is 0 Å². The third-order valence-corrected chi connectivity index (χ3v) is 4.26. The molecular formula is C24H30O2. The van der Waals surface area contributed by atoms with E-state index in [2.05, 4.69) is 37.4 Å². The summed E-state index contributed by atoms with van der Waals surface area (Å²) in [5.41, 5.74) is 4.70. The first-order valence-electron chi connectivity index (χ1n) is 9.35. The summed E-state index contributed by atoms with van der Waals surface area (Å²) in [6.07, 6.45) is 3.85. The van der Waals surface area contributed by atoms with E-state index in [-0.39, 0.29) is 0 Å². The fourth-order valence-corrected chi connectivity index (χ4v) is 2.66. The molecule has 0 atom stereocenters. The van der Waals surface area contributed by atoms with Crippen LogP contribution in [0, 0.1) is 0 Å². The average molecular weight is 351 g/mol. The Hall–Kier alpha value is -2.16. The zero-order valence-electron chi connectivity index (χ0n) is 15.7. The molecule has 2 aromatic carbocycles. The molecule has 0 heterocycles. The lowest BCUT2D eigenvalue weighted by atomic mass is 10.0. The van der Waals surface area contributed by atoms with Gasteiger partial charge in [-0.15, -0.1) is 0 Å². The van der Waals surface area contributed by atoms with Gasteiger partial charge >= 0.3 is 0 Å². The largest absolute Gasteiger partial charge is 0.377 e. The molecule has 2 nitrogen and oxygen atoms in total. The summed E-state index contributed by atoms with van der Waals surface area (Å²) in [5, 5.41) is 0. The van der Waals surface area contributed by atoms with E-state index < -0.39 is 0 Å². The van der Waals surface area contributed by atoms with Crippen LogP contribution in [0.3, 0.4) is 0 Å². The van der Waals surface area contributed by atoms with Gasteiger partial charge in [-0.25, -0.2) is 0 Å². The Kier molecular flexibility index (Phi) is 9.48. The van der Waals surface area contributed by atoms with E-state index in [9.17, 15) is 0 Å². The third kappa shape index (κ3) is 8.28. The highest BCUT2D eigenvalue weighted by Crippen LogP contribution is 2.17. The van der Waals surface area contributed by atoms with Crippen LogP contribution < -0.4 is 0 Å². The van der Waals surface area contributed by atoms with Crippen LogP contribution in [0.1, 0.15) is 36.8 Å². The zero-order valence-corrected chi connectivity index (χ0v) is 15.7. The fraction of sp³-hybridized carbons (Fsp3) is 0.333. The first-order valence-corrected chi connectivity index (χ1v) is 9.35. The van der Waals surface area contributed by atoms with E-state index in [0.717, 1.165) is 50.0 Å². The predicted molar refractivity (Wildman–Crippen MR) is 109 cm³/mol. The molecule has 0 spiro atoms. The summed E-state index contributed by atoms with van der Waals surface area (Å²) in [6.45, 7) is 11.2. The maximum Gasteiger partial charge on any atom is 0.0716 e. The molecule has 0 unspecified atom stereocenters. The van der Waals surface area contributed by atoms with Crippen LogP contribution in [-0.2, 0) is 22.7 Å². The van der Waals surface area contributed by atoms with Gasteiger partial charge in [0.2, 0.25) is 0 Å². The third-order valence-electron chi connectivity index (χ3n) is 4.26. The Morgan fingerprint density at radius 1 is 0.615 bits per heavy atom. The molecule has 2 aromatic rings. The lowest BCUT2D eigenvalue weighted by molar-refractivity contribution is 0.118. The summed E-state index contributed by atoms with van der Waals surface area (Å²) < 4.78 is 11.4. The molecular weight excluding hydrogens is 320 g/mol. The van der Waals surface area contributed by atoms with Crippen LogP contribution in [0.2, 0.25) is 0 Å². The van der Waals surface area contributed by atoms with Crippen molar-refractivity contribution < 1.29 is 9.47 Å². The van der Waals surface area contributed by atoms with Crippen molar-refractivity contribution in [3.8, 4) is 0 Å². The minimum Gasteiger partial charge on any atom is -0.377 e. The minimum atomic E-state index is 0.674. The van der Waals surface area contributed by atoms with Crippen LogP contribution in [-0.4, -0.2) is 13.2 Å². The van der Waals surface area contributed by atoms with Gasteiger partial charge in [-0.3, -0.25) is 0 Å². The number of allylic oxidation sites excluding steroid dienone is 2. The molecule has 0 bridgehead atoms. The Bertz CT molecular complexity index is 587. The normalized spacial score (nSPS) is 10.6. The van der Waals surface area contributed by atoms with Gasteiger partial charge in [-0.05, 0) is 36.8 Å².